The molecule has 0 aliphatic carbocycles. The summed E-state index contributed by atoms with van der Waals surface area (Å²) < 4.78 is 29.2. The lowest BCUT2D eigenvalue weighted by molar-refractivity contribution is -0.116. The van der Waals surface area contributed by atoms with Crippen LogP contribution in [0.25, 0.3) is 0 Å². The van der Waals surface area contributed by atoms with Gasteiger partial charge < -0.3 is 5.32 Å². The second-order valence-corrected chi connectivity index (χ2v) is 9.05. The van der Waals surface area contributed by atoms with Crippen molar-refractivity contribution >= 4 is 21.6 Å². The Kier molecular flexibility index (Phi) is 6.35. The highest BCUT2D eigenvalue weighted by molar-refractivity contribution is 7.89. The van der Waals surface area contributed by atoms with E-state index in [1.54, 1.807) is 42.8 Å². The summed E-state index contributed by atoms with van der Waals surface area (Å²) in [6, 6.07) is 8.71. The van der Waals surface area contributed by atoms with Crippen molar-refractivity contribution in [2.75, 3.05) is 18.4 Å². The number of nitriles is 1. The molecule has 1 aromatic heterocycles. The molecule has 2 aromatic rings. The van der Waals surface area contributed by atoms with Gasteiger partial charge in [0.05, 0.1) is 29.6 Å². The van der Waals surface area contributed by atoms with Crippen LogP contribution >= 0.6 is 0 Å². The Morgan fingerprint density at radius 1 is 1.24 bits per heavy atom. The molecule has 1 saturated heterocycles. The van der Waals surface area contributed by atoms with E-state index in [0.29, 0.717) is 35.7 Å². The number of aryl methyl sites for hydroxylation is 2. The van der Waals surface area contributed by atoms with Crippen LogP contribution in [0.5, 0.6) is 0 Å². The van der Waals surface area contributed by atoms with E-state index in [1.807, 2.05) is 6.07 Å². The standard InChI is InChI=1S/C20H25N5O3S/c1-15-20(29(27,28)24-10-4-3-5-11-24)16(2)25(23-15)12-9-19(26)22-18-8-6-7-17(13-18)14-21/h6-8,13H,3-5,9-12H2,1-2H3,(H,22,26). The van der Waals surface area contributed by atoms with E-state index in [1.165, 1.54) is 4.31 Å². The van der Waals surface area contributed by atoms with Crippen LogP contribution in [0.15, 0.2) is 29.2 Å². The molecule has 0 saturated carbocycles. The molecule has 154 valence electrons. The number of amides is 1. The number of anilines is 1. The maximum Gasteiger partial charge on any atom is 0.246 e. The summed E-state index contributed by atoms with van der Waals surface area (Å²) in [7, 11) is -3.58. The Hall–Kier alpha value is -2.70. The average Bonchev–Trinajstić information content (AvgIpc) is 3.01. The van der Waals surface area contributed by atoms with Gasteiger partial charge in [0, 0.05) is 25.2 Å². The van der Waals surface area contributed by atoms with E-state index in [0.717, 1.165) is 19.3 Å². The number of aromatic nitrogens is 2. The number of hydrogen-bond donors (Lipinski definition) is 1. The minimum atomic E-state index is -3.58. The van der Waals surface area contributed by atoms with Gasteiger partial charge in [-0.15, -0.1) is 0 Å². The van der Waals surface area contributed by atoms with Crippen molar-refractivity contribution in [3.05, 3.63) is 41.2 Å². The molecule has 1 fully saturated rings. The predicted octanol–water partition coefficient (Wildman–Crippen LogP) is 2.58. The number of sulfonamides is 1. The van der Waals surface area contributed by atoms with Crippen LogP contribution in [-0.4, -0.2) is 41.5 Å². The number of piperidine rings is 1. The van der Waals surface area contributed by atoms with E-state index in [9.17, 15) is 13.2 Å². The summed E-state index contributed by atoms with van der Waals surface area (Å²) in [6.45, 7) is 4.76. The molecule has 1 aliphatic rings. The zero-order valence-electron chi connectivity index (χ0n) is 16.7. The van der Waals surface area contributed by atoms with Gasteiger partial charge in [0.15, 0.2) is 0 Å². The second-order valence-electron chi connectivity index (χ2n) is 7.18. The SMILES string of the molecule is Cc1nn(CCC(=O)Nc2cccc(C#N)c2)c(C)c1S(=O)(=O)N1CCCCC1. The molecule has 1 aliphatic heterocycles. The molecule has 1 aromatic carbocycles. The fraction of sp³-hybridized carbons (Fsp3) is 0.450. The topological polar surface area (TPSA) is 108 Å². The number of nitrogens with one attached hydrogen (secondary N) is 1. The van der Waals surface area contributed by atoms with Crippen molar-refractivity contribution in [3.8, 4) is 6.07 Å². The first-order valence-corrected chi connectivity index (χ1v) is 11.1. The van der Waals surface area contributed by atoms with Crippen molar-refractivity contribution in [2.45, 2.75) is 51.0 Å². The van der Waals surface area contributed by atoms with Gasteiger partial charge in [0.25, 0.3) is 0 Å². The van der Waals surface area contributed by atoms with Crippen LogP contribution in [0.1, 0.15) is 42.6 Å². The van der Waals surface area contributed by atoms with Gasteiger partial charge >= 0.3 is 0 Å². The molecule has 0 spiro atoms. The Morgan fingerprint density at radius 2 is 1.97 bits per heavy atom. The van der Waals surface area contributed by atoms with Crippen LogP contribution in [-0.2, 0) is 21.4 Å². The van der Waals surface area contributed by atoms with Crippen molar-refractivity contribution < 1.29 is 13.2 Å². The molecule has 2 heterocycles. The molecule has 3 rings (SSSR count). The third kappa shape index (κ3) is 4.66. The Morgan fingerprint density at radius 3 is 2.66 bits per heavy atom. The number of hydrogen-bond acceptors (Lipinski definition) is 5. The predicted molar refractivity (Wildman–Crippen MR) is 109 cm³/mol. The molecule has 1 N–H and O–H groups in total. The van der Waals surface area contributed by atoms with Gasteiger partial charge in [0.2, 0.25) is 15.9 Å². The third-order valence-corrected chi connectivity index (χ3v) is 7.21. The maximum atomic E-state index is 13.0. The highest BCUT2D eigenvalue weighted by Gasteiger charge is 2.31. The number of benzene rings is 1. The van der Waals surface area contributed by atoms with Crippen LogP contribution in [0.4, 0.5) is 5.69 Å². The Labute approximate surface area is 171 Å². The molecule has 0 unspecified atom stereocenters. The van der Waals surface area contributed by atoms with Crippen LogP contribution in [0, 0.1) is 25.2 Å². The van der Waals surface area contributed by atoms with Crippen molar-refractivity contribution in [1.29, 1.82) is 5.26 Å². The van der Waals surface area contributed by atoms with E-state index >= 15 is 0 Å². The van der Waals surface area contributed by atoms with E-state index in [-0.39, 0.29) is 23.8 Å². The summed E-state index contributed by atoms with van der Waals surface area (Å²) in [5.41, 5.74) is 2.02. The number of nitrogens with zero attached hydrogens (tertiary/aromatic N) is 4. The lowest BCUT2D eigenvalue weighted by Crippen LogP contribution is -2.36. The fourth-order valence-corrected chi connectivity index (χ4v) is 5.49. The fourth-order valence-electron chi connectivity index (χ4n) is 3.60. The first kappa shape index (κ1) is 21.0. The van der Waals surface area contributed by atoms with Crippen molar-refractivity contribution in [3.63, 3.8) is 0 Å². The van der Waals surface area contributed by atoms with Gasteiger partial charge in [-0.1, -0.05) is 12.5 Å². The first-order valence-electron chi connectivity index (χ1n) is 9.67. The van der Waals surface area contributed by atoms with Crippen molar-refractivity contribution in [1.82, 2.24) is 14.1 Å². The maximum absolute atomic E-state index is 13.0. The average molecular weight is 416 g/mol. The highest BCUT2D eigenvalue weighted by atomic mass is 32.2. The van der Waals surface area contributed by atoms with Crippen molar-refractivity contribution in [2.24, 2.45) is 0 Å². The molecule has 1 amide bonds. The summed E-state index contributed by atoms with van der Waals surface area (Å²) in [4.78, 5) is 12.5. The molecule has 29 heavy (non-hydrogen) atoms. The molecule has 0 bridgehead atoms. The highest BCUT2D eigenvalue weighted by Crippen LogP contribution is 2.26. The lowest BCUT2D eigenvalue weighted by Gasteiger charge is -2.26. The number of rotatable bonds is 6. The van der Waals surface area contributed by atoms with Crippen LogP contribution < -0.4 is 5.32 Å². The lowest BCUT2D eigenvalue weighted by atomic mass is 10.2. The summed E-state index contributed by atoms with van der Waals surface area (Å²) >= 11 is 0. The van der Waals surface area contributed by atoms with Gasteiger partial charge in [-0.2, -0.15) is 14.7 Å². The quantitative estimate of drug-likeness (QED) is 0.780. The monoisotopic (exact) mass is 415 g/mol. The zero-order chi connectivity index (χ0) is 21.0. The minimum Gasteiger partial charge on any atom is -0.326 e. The van der Waals surface area contributed by atoms with E-state index < -0.39 is 10.0 Å². The Balaban J connectivity index is 1.70. The number of carbonyl (C=O) groups excluding carboxylic acids is 1. The van der Waals surface area contributed by atoms with Gasteiger partial charge in [0.1, 0.15) is 4.90 Å². The molecular weight excluding hydrogens is 390 g/mol. The molecule has 9 heteroatoms. The molecule has 0 radical (unpaired) electrons. The smallest absolute Gasteiger partial charge is 0.246 e. The first-order chi connectivity index (χ1) is 13.8. The minimum absolute atomic E-state index is 0.141. The Bertz CT molecular complexity index is 1050. The summed E-state index contributed by atoms with van der Waals surface area (Å²) in [5.74, 6) is -0.229. The van der Waals surface area contributed by atoms with Gasteiger partial charge in [-0.05, 0) is 44.9 Å². The largest absolute Gasteiger partial charge is 0.326 e. The molecular formula is C20H25N5O3S. The number of carbonyl (C=O) groups is 1. The zero-order valence-corrected chi connectivity index (χ0v) is 17.5. The second kappa shape index (κ2) is 8.76. The third-order valence-electron chi connectivity index (χ3n) is 5.05. The van der Waals surface area contributed by atoms with Gasteiger partial charge in [-0.25, -0.2) is 8.42 Å². The summed E-state index contributed by atoms with van der Waals surface area (Å²) in [5, 5.41) is 16.1. The summed E-state index contributed by atoms with van der Waals surface area (Å²) in [6.07, 6.45) is 2.94. The molecule has 8 nitrogen and oxygen atoms in total. The molecule has 0 atom stereocenters. The van der Waals surface area contributed by atoms with Crippen LogP contribution in [0.3, 0.4) is 0 Å². The van der Waals surface area contributed by atoms with Gasteiger partial charge in [-0.3, -0.25) is 9.48 Å². The van der Waals surface area contributed by atoms with Crippen LogP contribution in [0.2, 0.25) is 0 Å². The van der Waals surface area contributed by atoms with E-state index in [4.69, 9.17) is 5.26 Å². The normalized spacial score (nSPS) is 15.1. The van der Waals surface area contributed by atoms with E-state index in [2.05, 4.69) is 10.4 Å².